The van der Waals surface area contributed by atoms with Gasteiger partial charge in [-0.1, -0.05) is 23.2 Å². The number of azo groups is 1. The van der Waals surface area contributed by atoms with Crippen LogP contribution in [-0.4, -0.2) is 46.2 Å². The maximum atomic E-state index is 12.8. The summed E-state index contributed by atoms with van der Waals surface area (Å²) in [6.45, 7) is 1.21. The Labute approximate surface area is 189 Å². The van der Waals surface area contributed by atoms with Crippen molar-refractivity contribution in [1.29, 1.82) is 0 Å². The van der Waals surface area contributed by atoms with Crippen molar-refractivity contribution in [1.82, 2.24) is 0 Å². The second-order valence-corrected chi connectivity index (χ2v) is 6.85. The number of hydrogen-bond acceptors (Lipinski definition) is 8. The number of rotatable bonds is 9. The molecule has 31 heavy (non-hydrogen) atoms. The summed E-state index contributed by atoms with van der Waals surface area (Å²) in [4.78, 5) is 25.0. The van der Waals surface area contributed by atoms with Crippen LogP contribution in [0, 0.1) is 0 Å². The Hall–Kier alpha value is -3.04. The highest BCUT2D eigenvalue weighted by Crippen LogP contribution is 2.41. The van der Waals surface area contributed by atoms with Gasteiger partial charge in [0.2, 0.25) is 6.04 Å². The quantitative estimate of drug-likeness (QED) is 0.420. The average Bonchev–Trinajstić information content (AvgIpc) is 2.74. The van der Waals surface area contributed by atoms with Gasteiger partial charge in [0, 0.05) is 12.1 Å². The SMILES string of the molecule is COc1cc(Cl)c(N=NC(C(C)=O)C(=O)Nc2c(OC)ccc(Cl)c2OC)c(OC)c1. The number of ether oxygens (including phenoxy) is 4. The van der Waals surface area contributed by atoms with Crippen LogP contribution in [0.2, 0.25) is 10.0 Å². The lowest BCUT2D eigenvalue weighted by atomic mass is 10.2. The summed E-state index contributed by atoms with van der Waals surface area (Å²) < 4.78 is 20.9. The van der Waals surface area contributed by atoms with Gasteiger partial charge in [-0.15, -0.1) is 5.11 Å². The minimum atomic E-state index is -1.48. The summed E-state index contributed by atoms with van der Waals surface area (Å²) in [5.74, 6) is -0.151. The maximum Gasteiger partial charge on any atom is 0.259 e. The number of ketones is 1. The van der Waals surface area contributed by atoms with Gasteiger partial charge in [-0.05, 0) is 19.1 Å². The van der Waals surface area contributed by atoms with Crippen molar-refractivity contribution in [2.24, 2.45) is 10.2 Å². The maximum absolute atomic E-state index is 12.8. The fourth-order valence-electron chi connectivity index (χ4n) is 2.57. The molecule has 11 heteroatoms. The molecule has 0 aliphatic carbocycles. The highest BCUT2D eigenvalue weighted by Gasteiger charge is 2.27. The van der Waals surface area contributed by atoms with Crippen LogP contribution in [0.3, 0.4) is 0 Å². The lowest BCUT2D eigenvalue weighted by Crippen LogP contribution is -2.32. The molecule has 0 bridgehead atoms. The number of nitrogens with zero attached hydrogens (tertiary/aromatic N) is 2. The molecule has 0 saturated heterocycles. The van der Waals surface area contributed by atoms with E-state index in [0.717, 1.165) is 0 Å². The molecule has 0 heterocycles. The van der Waals surface area contributed by atoms with Crippen LogP contribution in [0.5, 0.6) is 23.0 Å². The van der Waals surface area contributed by atoms with E-state index in [1.807, 2.05) is 0 Å². The smallest absolute Gasteiger partial charge is 0.259 e. The largest absolute Gasteiger partial charge is 0.497 e. The van der Waals surface area contributed by atoms with Crippen molar-refractivity contribution in [3.8, 4) is 23.0 Å². The molecular formula is C20H21Cl2N3O6. The fraction of sp³-hybridized carbons (Fsp3) is 0.300. The van der Waals surface area contributed by atoms with Gasteiger partial charge in [0.1, 0.15) is 22.9 Å². The highest BCUT2D eigenvalue weighted by atomic mass is 35.5. The monoisotopic (exact) mass is 469 g/mol. The molecule has 1 atom stereocenters. The third-order valence-electron chi connectivity index (χ3n) is 4.11. The van der Waals surface area contributed by atoms with E-state index in [4.69, 9.17) is 42.1 Å². The van der Waals surface area contributed by atoms with Crippen LogP contribution >= 0.6 is 23.2 Å². The average molecular weight is 470 g/mol. The van der Waals surface area contributed by atoms with Crippen molar-refractivity contribution in [2.75, 3.05) is 33.8 Å². The van der Waals surface area contributed by atoms with E-state index in [-0.39, 0.29) is 38.7 Å². The van der Waals surface area contributed by atoms with Gasteiger partial charge in [-0.3, -0.25) is 9.59 Å². The molecular weight excluding hydrogens is 449 g/mol. The van der Waals surface area contributed by atoms with Gasteiger partial charge in [-0.2, -0.15) is 5.11 Å². The summed E-state index contributed by atoms with van der Waals surface area (Å²) in [5.41, 5.74) is 0.297. The Morgan fingerprint density at radius 3 is 2.16 bits per heavy atom. The van der Waals surface area contributed by atoms with Crippen LogP contribution in [0.1, 0.15) is 6.92 Å². The van der Waals surface area contributed by atoms with E-state index in [0.29, 0.717) is 5.75 Å². The number of benzene rings is 2. The summed E-state index contributed by atoms with van der Waals surface area (Å²) in [6.07, 6.45) is 0. The van der Waals surface area contributed by atoms with Crippen LogP contribution in [-0.2, 0) is 9.59 Å². The molecule has 1 N–H and O–H groups in total. The Kier molecular flexibility index (Phi) is 8.47. The Balaban J connectivity index is 2.40. The van der Waals surface area contributed by atoms with Crippen molar-refractivity contribution < 1.29 is 28.5 Å². The van der Waals surface area contributed by atoms with Gasteiger partial charge in [0.05, 0.1) is 38.5 Å². The minimum Gasteiger partial charge on any atom is -0.497 e. The van der Waals surface area contributed by atoms with Gasteiger partial charge >= 0.3 is 0 Å². The van der Waals surface area contributed by atoms with E-state index in [2.05, 4.69) is 15.5 Å². The first-order chi connectivity index (χ1) is 14.8. The zero-order chi connectivity index (χ0) is 23.1. The van der Waals surface area contributed by atoms with Gasteiger partial charge in [0.25, 0.3) is 5.91 Å². The second-order valence-electron chi connectivity index (χ2n) is 6.04. The first kappa shape index (κ1) is 24.2. The van der Waals surface area contributed by atoms with E-state index in [1.165, 1.54) is 41.4 Å². The van der Waals surface area contributed by atoms with Crippen molar-refractivity contribution in [3.63, 3.8) is 0 Å². The lowest BCUT2D eigenvalue weighted by molar-refractivity contribution is -0.126. The predicted molar refractivity (Wildman–Crippen MR) is 117 cm³/mol. The molecule has 166 valence electrons. The molecule has 9 nitrogen and oxygen atoms in total. The number of carbonyl (C=O) groups excluding carboxylic acids is 2. The number of anilines is 1. The second kappa shape index (κ2) is 10.8. The normalized spacial score (nSPS) is 11.7. The van der Waals surface area contributed by atoms with Crippen LogP contribution in [0.15, 0.2) is 34.5 Å². The number of halogens is 2. The van der Waals surface area contributed by atoms with Crippen LogP contribution in [0.4, 0.5) is 11.4 Å². The summed E-state index contributed by atoms with van der Waals surface area (Å²) in [7, 11) is 5.69. The first-order valence-corrected chi connectivity index (χ1v) is 9.57. The van der Waals surface area contributed by atoms with Crippen LogP contribution in [0.25, 0.3) is 0 Å². The molecule has 1 unspecified atom stereocenters. The third-order valence-corrected chi connectivity index (χ3v) is 4.69. The number of Topliss-reactive ketones (excluding diaryl/α,β-unsaturated/α-hetero) is 1. The van der Waals surface area contributed by atoms with Crippen molar-refractivity contribution in [3.05, 3.63) is 34.3 Å². The topological polar surface area (TPSA) is 108 Å². The van der Waals surface area contributed by atoms with Gasteiger partial charge < -0.3 is 24.3 Å². The summed E-state index contributed by atoms with van der Waals surface area (Å²) in [5, 5.41) is 10.9. The molecule has 0 aliphatic heterocycles. The lowest BCUT2D eigenvalue weighted by Gasteiger charge is -2.16. The molecule has 2 aromatic carbocycles. The van der Waals surface area contributed by atoms with Crippen molar-refractivity contribution in [2.45, 2.75) is 13.0 Å². The molecule has 0 aromatic heterocycles. The zero-order valence-corrected chi connectivity index (χ0v) is 19.0. The summed E-state index contributed by atoms with van der Waals surface area (Å²) in [6, 6.07) is 4.67. The van der Waals surface area contributed by atoms with Gasteiger partial charge in [-0.25, -0.2) is 0 Å². The molecule has 0 fully saturated rings. The number of carbonyl (C=O) groups is 2. The molecule has 2 rings (SSSR count). The van der Waals surface area contributed by atoms with E-state index in [1.54, 1.807) is 18.2 Å². The number of nitrogens with one attached hydrogen (secondary N) is 1. The minimum absolute atomic E-state index is 0.141. The van der Waals surface area contributed by atoms with Crippen LogP contribution < -0.4 is 24.3 Å². The Bertz CT molecular complexity index is 1010. The van der Waals surface area contributed by atoms with E-state index in [9.17, 15) is 9.59 Å². The van der Waals surface area contributed by atoms with E-state index < -0.39 is 17.7 Å². The van der Waals surface area contributed by atoms with Gasteiger partial charge in [0.15, 0.2) is 17.3 Å². The molecule has 0 saturated carbocycles. The molecule has 1 amide bonds. The standard InChI is InChI=1S/C20H21Cl2N3O6/c1-10(26)16(24-25-17-13(22)8-11(28-2)9-15(17)30-4)20(27)23-18-14(29-3)7-6-12(21)19(18)31-5/h6-9,16H,1-5H3,(H,23,27). The Morgan fingerprint density at radius 1 is 0.935 bits per heavy atom. The molecule has 0 aliphatic rings. The van der Waals surface area contributed by atoms with E-state index >= 15 is 0 Å². The predicted octanol–water partition coefficient (Wildman–Crippen LogP) is 4.71. The number of amides is 1. The summed E-state index contributed by atoms with van der Waals surface area (Å²) >= 11 is 12.3. The fourth-order valence-corrected chi connectivity index (χ4v) is 3.05. The van der Waals surface area contributed by atoms with Crippen molar-refractivity contribution >= 4 is 46.3 Å². The third kappa shape index (κ3) is 5.56. The first-order valence-electron chi connectivity index (χ1n) is 8.81. The molecule has 2 aromatic rings. The zero-order valence-electron chi connectivity index (χ0n) is 17.5. The number of hydrogen-bond donors (Lipinski definition) is 1. The number of methoxy groups -OCH3 is 4. The highest BCUT2D eigenvalue weighted by molar-refractivity contribution is 6.33. The molecule has 0 radical (unpaired) electrons. The molecule has 0 spiro atoms. The Morgan fingerprint density at radius 2 is 1.61 bits per heavy atom.